The summed E-state index contributed by atoms with van der Waals surface area (Å²) in [4.78, 5) is 10.5. The molecule has 1 N–H and O–H groups in total. The van der Waals surface area contributed by atoms with Gasteiger partial charge in [0.1, 0.15) is 11.6 Å². The second kappa shape index (κ2) is 5.08. The van der Waals surface area contributed by atoms with Gasteiger partial charge in [0, 0.05) is 32.0 Å². The third kappa shape index (κ3) is 2.12. The van der Waals surface area contributed by atoms with Gasteiger partial charge in [0.25, 0.3) is 0 Å². The molecule has 2 aromatic heterocycles. The van der Waals surface area contributed by atoms with Gasteiger partial charge in [-0.1, -0.05) is 12.1 Å². The molecule has 5 rings (SSSR count). The van der Waals surface area contributed by atoms with Crippen molar-refractivity contribution >= 4 is 17.0 Å². The van der Waals surface area contributed by atoms with Gasteiger partial charge < -0.3 is 14.5 Å². The second-order valence-electron chi connectivity index (χ2n) is 6.57. The summed E-state index contributed by atoms with van der Waals surface area (Å²) in [6.45, 7) is 3.14. The first-order valence-corrected chi connectivity index (χ1v) is 8.50. The maximum atomic E-state index is 4.72. The number of benzene rings is 1. The number of aromatic nitrogens is 5. The van der Waals surface area contributed by atoms with Crippen molar-refractivity contribution < 1.29 is 0 Å². The van der Waals surface area contributed by atoms with Crippen LogP contribution in [0.3, 0.4) is 0 Å². The van der Waals surface area contributed by atoms with E-state index in [2.05, 4.69) is 36.8 Å². The van der Waals surface area contributed by atoms with E-state index in [0.717, 1.165) is 55.9 Å². The molecular weight excluding hydrogens is 288 g/mol. The highest BCUT2D eigenvalue weighted by atomic mass is 15.3. The lowest BCUT2D eigenvalue weighted by Crippen LogP contribution is -2.34. The number of nitrogens with one attached hydrogen (secondary N) is 1. The number of anilines is 1. The average molecular weight is 308 g/mol. The van der Waals surface area contributed by atoms with Crippen molar-refractivity contribution in [2.24, 2.45) is 0 Å². The van der Waals surface area contributed by atoms with Crippen LogP contribution in [0.2, 0.25) is 0 Å². The number of hydrogen-bond acceptors (Lipinski definition) is 4. The molecule has 23 heavy (non-hydrogen) atoms. The Kier molecular flexibility index (Phi) is 2.89. The fourth-order valence-electron chi connectivity index (χ4n) is 3.91. The number of aryl methyl sites for hydroxylation is 1. The molecule has 6 nitrogen and oxygen atoms in total. The minimum atomic E-state index is 0.537. The average Bonchev–Trinajstić information content (AvgIpc) is 3.29. The van der Waals surface area contributed by atoms with Crippen molar-refractivity contribution in [2.75, 3.05) is 18.0 Å². The lowest BCUT2D eigenvalue weighted by atomic mass is 9.96. The molecule has 1 aromatic carbocycles. The molecule has 0 unspecified atom stereocenters. The Morgan fingerprint density at radius 2 is 1.91 bits per heavy atom. The van der Waals surface area contributed by atoms with Crippen LogP contribution >= 0.6 is 0 Å². The topological polar surface area (TPSA) is 62.6 Å². The molecule has 1 fully saturated rings. The number of aromatic amines is 1. The fraction of sp³-hybridized carbons (Fsp3) is 0.471. The molecular formula is C17H20N6. The first-order chi connectivity index (χ1) is 11.4. The zero-order valence-electron chi connectivity index (χ0n) is 13.1. The SMILES string of the molecule is c1ccc2[nH]c(N3CCC(c4nnc5n4CCC5)CC3)nc2c1. The van der Waals surface area contributed by atoms with Gasteiger partial charge in [-0.2, -0.15) is 0 Å². The summed E-state index contributed by atoms with van der Waals surface area (Å²) in [7, 11) is 0. The summed E-state index contributed by atoms with van der Waals surface area (Å²) >= 11 is 0. The first kappa shape index (κ1) is 13.1. The maximum absolute atomic E-state index is 4.72. The molecule has 4 heterocycles. The van der Waals surface area contributed by atoms with Crippen molar-refractivity contribution in [3.05, 3.63) is 35.9 Å². The van der Waals surface area contributed by atoms with Gasteiger partial charge in [0.2, 0.25) is 5.95 Å². The highest BCUT2D eigenvalue weighted by Crippen LogP contribution is 2.31. The van der Waals surface area contributed by atoms with Gasteiger partial charge in [-0.25, -0.2) is 4.98 Å². The largest absolute Gasteiger partial charge is 0.342 e. The van der Waals surface area contributed by atoms with Gasteiger partial charge in [0.15, 0.2) is 0 Å². The number of rotatable bonds is 2. The minimum Gasteiger partial charge on any atom is -0.342 e. The van der Waals surface area contributed by atoms with Crippen LogP contribution in [0.25, 0.3) is 11.0 Å². The number of imidazole rings is 1. The van der Waals surface area contributed by atoms with Crippen molar-refractivity contribution in [3.8, 4) is 0 Å². The quantitative estimate of drug-likeness (QED) is 0.790. The molecule has 3 aromatic rings. The van der Waals surface area contributed by atoms with Gasteiger partial charge in [-0.3, -0.25) is 0 Å². The number of hydrogen-bond donors (Lipinski definition) is 1. The highest BCUT2D eigenvalue weighted by Gasteiger charge is 2.28. The molecule has 2 aliphatic heterocycles. The molecule has 0 aliphatic carbocycles. The molecule has 0 atom stereocenters. The number of nitrogens with zero attached hydrogens (tertiary/aromatic N) is 5. The standard InChI is InChI=1S/C17H20N6/c1-2-5-14-13(4-1)18-17(19-14)22-10-7-12(8-11-22)16-21-20-15-6-3-9-23(15)16/h1-2,4-5,12H,3,6-11H2,(H,18,19). The smallest absolute Gasteiger partial charge is 0.203 e. The lowest BCUT2D eigenvalue weighted by Gasteiger charge is -2.31. The number of H-pyrrole nitrogens is 1. The maximum Gasteiger partial charge on any atom is 0.203 e. The summed E-state index contributed by atoms with van der Waals surface area (Å²) in [5.74, 6) is 3.92. The zero-order valence-corrected chi connectivity index (χ0v) is 13.1. The molecule has 1 saturated heterocycles. The van der Waals surface area contributed by atoms with E-state index in [0.29, 0.717) is 5.92 Å². The van der Waals surface area contributed by atoms with Gasteiger partial charge in [-0.15, -0.1) is 10.2 Å². The van der Waals surface area contributed by atoms with Crippen molar-refractivity contribution in [1.82, 2.24) is 24.7 Å². The van der Waals surface area contributed by atoms with Crippen LogP contribution in [-0.4, -0.2) is 37.8 Å². The molecule has 0 radical (unpaired) electrons. The van der Waals surface area contributed by atoms with Gasteiger partial charge in [-0.05, 0) is 31.4 Å². The van der Waals surface area contributed by atoms with Crippen LogP contribution in [0.15, 0.2) is 24.3 Å². The van der Waals surface area contributed by atoms with E-state index in [1.54, 1.807) is 0 Å². The predicted molar refractivity (Wildman–Crippen MR) is 88.6 cm³/mol. The summed E-state index contributed by atoms with van der Waals surface area (Å²) < 4.78 is 2.35. The Morgan fingerprint density at radius 3 is 2.78 bits per heavy atom. The third-order valence-electron chi connectivity index (χ3n) is 5.17. The molecule has 0 bridgehead atoms. The van der Waals surface area contributed by atoms with E-state index in [9.17, 15) is 0 Å². The third-order valence-corrected chi connectivity index (χ3v) is 5.17. The zero-order chi connectivity index (χ0) is 15.2. The Labute approximate surface area is 134 Å². The van der Waals surface area contributed by atoms with Crippen LogP contribution in [0.1, 0.15) is 36.8 Å². The van der Waals surface area contributed by atoms with E-state index in [1.165, 1.54) is 18.1 Å². The lowest BCUT2D eigenvalue weighted by molar-refractivity contribution is 0.464. The summed E-state index contributed by atoms with van der Waals surface area (Å²) in [5, 5.41) is 8.82. The van der Waals surface area contributed by atoms with E-state index >= 15 is 0 Å². The fourth-order valence-corrected chi connectivity index (χ4v) is 3.91. The monoisotopic (exact) mass is 308 g/mol. The summed E-state index contributed by atoms with van der Waals surface area (Å²) in [6, 6.07) is 8.22. The second-order valence-corrected chi connectivity index (χ2v) is 6.57. The van der Waals surface area contributed by atoms with Crippen molar-refractivity contribution in [3.63, 3.8) is 0 Å². The number of fused-ring (bicyclic) bond motifs is 2. The van der Waals surface area contributed by atoms with Crippen LogP contribution in [0, 0.1) is 0 Å². The molecule has 0 spiro atoms. The van der Waals surface area contributed by atoms with Crippen molar-refractivity contribution in [1.29, 1.82) is 0 Å². The van der Waals surface area contributed by atoms with Crippen LogP contribution in [0.4, 0.5) is 5.95 Å². The molecule has 0 amide bonds. The van der Waals surface area contributed by atoms with E-state index < -0.39 is 0 Å². The Hall–Kier alpha value is -2.37. The number of para-hydroxylation sites is 2. The molecule has 2 aliphatic rings. The van der Waals surface area contributed by atoms with Crippen molar-refractivity contribution in [2.45, 2.75) is 38.1 Å². The molecule has 6 heteroatoms. The van der Waals surface area contributed by atoms with E-state index in [1.807, 2.05) is 12.1 Å². The Balaban J connectivity index is 1.34. The van der Waals surface area contributed by atoms with Gasteiger partial charge in [0.05, 0.1) is 11.0 Å². The highest BCUT2D eigenvalue weighted by molar-refractivity contribution is 5.77. The number of piperidine rings is 1. The molecule has 118 valence electrons. The van der Waals surface area contributed by atoms with E-state index in [-0.39, 0.29) is 0 Å². The van der Waals surface area contributed by atoms with Crippen LogP contribution in [0.5, 0.6) is 0 Å². The normalized spacial score (nSPS) is 18.7. The first-order valence-electron chi connectivity index (χ1n) is 8.50. The van der Waals surface area contributed by atoms with Gasteiger partial charge >= 0.3 is 0 Å². The summed E-state index contributed by atoms with van der Waals surface area (Å²) in [6.07, 6.45) is 4.55. The van der Waals surface area contributed by atoms with Crippen LogP contribution < -0.4 is 4.90 Å². The van der Waals surface area contributed by atoms with Crippen LogP contribution in [-0.2, 0) is 13.0 Å². The molecule has 0 saturated carbocycles. The minimum absolute atomic E-state index is 0.537. The predicted octanol–water partition coefficient (Wildman–Crippen LogP) is 2.48. The summed E-state index contributed by atoms with van der Waals surface area (Å²) in [5.41, 5.74) is 2.15. The Bertz CT molecular complexity index is 807. The van der Waals surface area contributed by atoms with E-state index in [4.69, 9.17) is 4.98 Å². The Morgan fingerprint density at radius 1 is 1.04 bits per heavy atom.